The number of fused-ring (bicyclic) bond motifs is 1. The number of H-pyrrole nitrogens is 1. The lowest BCUT2D eigenvalue weighted by Crippen LogP contribution is -2.03. The molecule has 134 valence electrons. The summed E-state index contributed by atoms with van der Waals surface area (Å²) in [6.07, 6.45) is 1.71. The number of nitrogens with one attached hydrogen (secondary N) is 2. The zero-order valence-electron chi connectivity index (χ0n) is 14.3. The van der Waals surface area contributed by atoms with Crippen molar-refractivity contribution >= 4 is 45.1 Å². The van der Waals surface area contributed by atoms with E-state index in [1.807, 2.05) is 49.4 Å². The Hall–Kier alpha value is -3.12. The van der Waals surface area contributed by atoms with Gasteiger partial charge in [0.05, 0.1) is 5.57 Å². The molecule has 5 nitrogen and oxygen atoms in total. The van der Waals surface area contributed by atoms with Crippen molar-refractivity contribution in [3.63, 3.8) is 0 Å². The van der Waals surface area contributed by atoms with Crippen LogP contribution < -0.4 is 5.32 Å². The molecule has 0 spiro atoms. The highest BCUT2D eigenvalue weighted by molar-refractivity contribution is 9.10. The molecule has 2 aromatic carbocycles. The number of carboxylic acid groups (broad SMARTS) is 1. The van der Waals surface area contributed by atoms with Crippen molar-refractivity contribution in [1.82, 2.24) is 4.98 Å². The van der Waals surface area contributed by atoms with Crippen LogP contribution in [0.15, 0.2) is 53.0 Å². The molecule has 1 aliphatic heterocycles. The molecule has 6 heteroatoms. The van der Waals surface area contributed by atoms with Crippen molar-refractivity contribution < 1.29 is 14.7 Å². The fraction of sp³-hybridized carbons (Fsp3) is 0.0476. The second kappa shape index (κ2) is 6.55. The van der Waals surface area contributed by atoms with Gasteiger partial charge in [0.1, 0.15) is 5.69 Å². The Kier molecular flexibility index (Phi) is 4.20. The first kappa shape index (κ1) is 17.3. The van der Waals surface area contributed by atoms with Crippen LogP contribution in [-0.4, -0.2) is 22.0 Å². The lowest BCUT2D eigenvalue weighted by atomic mass is 9.94. The molecule has 0 aliphatic carbocycles. The third kappa shape index (κ3) is 3.08. The normalized spacial score (nSPS) is 14.3. The number of carboxylic acids is 1. The molecule has 0 saturated heterocycles. The highest BCUT2D eigenvalue weighted by Crippen LogP contribution is 2.40. The number of carbonyl (C=O) groups excluding carboxylic acids is 1. The van der Waals surface area contributed by atoms with Gasteiger partial charge in [-0.3, -0.25) is 4.79 Å². The fourth-order valence-corrected chi connectivity index (χ4v) is 3.51. The smallest absolute Gasteiger partial charge is 0.352 e. The second-order valence-corrected chi connectivity index (χ2v) is 7.25. The van der Waals surface area contributed by atoms with E-state index in [1.54, 1.807) is 12.1 Å². The summed E-state index contributed by atoms with van der Waals surface area (Å²) in [7, 11) is 0. The number of hydrogen-bond acceptors (Lipinski definition) is 2. The zero-order chi connectivity index (χ0) is 19.1. The molecule has 1 aromatic heterocycles. The highest BCUT2D eigenvalue weighted by atomic mass is 79.9. The predicted octanol–water partition coefficient (Wildman–Crippen LogP) is 4.94. The van der Waals surface area contributed by atoms with Gasteiger partial charge < -0.3 is 15.4 Å². The number of hydrogen-bond donors (Lipinski definition) is 3. The van der Waals surface area contributed by atoms with Crippen LogP contribution in [0.3, 0.4) is 0 Å². The number of aromatic carboxylic acids is 1. The first-order valence-electron chi connectivity index (χ1n) is 8.29. The molecule has 3 N–H and O–H groups in total. The minimum Gasteiger partial charge on any atom is -0.477 e. The molecule has 3 aromatic rings. The van der Waals surface area contributed by atoms with Gasteiger partial charge in [0, 0.05) is 21.4 Å². The van der Waals surface area contributed by atoms with E-state index in [0.717, 1.165) is 32.4 Å². The molecule has 27 heavy (non-hydrogen) atoms. The molecular formula is C21H15BrN2O3. The van der Waals surface area contributed by atoms with E-state index in [9.17, 15) is 14.7 Å². The van der Waals surface area contributed by atoms with E-state index in [0.29, 0.717) is 11.3 Å². The predicted molar refractivity (Wildman–Crippen MR) is 109 cm³/mol. The molecule has 0 unspecified atom stereocenters. The van der Waals surface area contributed by atoms with Gasteiger partial charge in [0.25, 0.3) is 5.91 Å². The summed E-state index contributed by atoms with van der Waals surface area (Å²) in [5, 5.41) is 12.1. The van der Waals surface area contributed by atoms with Gasteiger partial charge in [0.15, 0.2) is 0 Å². The molecule has 1 amide bonds. The maximum Gasteiger partial charge on any atom is 0.352 e. The van der Waals surface area contributed by atoms with Crippen LogP contribution in [0, 0.1) is 6.92 Å². The standard InChI is InChI=1S/C21H15BrN2O3/c1-11-9-18(21(26)27)23-17(11)10-15-19-14(12-5-7-13(22)8-6-12)3-2-4-16(19)24-20(15)25/h2-10,23H,1H3,(H,24,25)(H,26,27)/b15-10-. The highest BCUT2D eigenvalue weighted by Gasteiger charge is 2.27. The van der Waals surface area contributed by atoms with Crippen LogP contribution in [-0.2, 0) is 4.79 Å². The molecule has 0 saturated carbocycles. The van der Waals surface area contributed by atoms with Crippen molar-refractivity contribution in [2.24, 2.45) is 0 Å². The van der Waals surface area contributed by atoms with Crippen LogP contribution in [0.25, 0.3) is 22.8 Å². The first-order valence-corrected chi connectivity index (χ1v) is 9.08. The largest absolute Gasteiger partial charge is 0.477 e. The summed E-state index contributed by atoms with van der Waals surface area (Å²) < 4.78 is 0.979. The minimum absolute atomic E-state index is 0.0965. The molecule has 0 radical (unpaired) electrons. The van der Waals surface area contributed by atoms with E-state index >= 15 is 0 Å². The number of aromatic nitrogens is 1. The molecular weight excluding hydrogens is 408 g/mol. The van der Waals surface area contributed by atoms with E-state index in [2.05, 4.69) is 26.2 Å². The first-order chi connectivity index (χ1) is 12.9. The van der Waals surface area contributed by atoms with Gasteiger partial charge in [-0.05, 0) is 54.0 Å². The summed E-state index contributed by atoms with van der Waals surface area (Å²) in [5.41, 5.74) is 5.46. The topological polar surface area (TPSA) is 82.2 Å². The van der Waals surface area contributed by atoms with Gasteiger partial charge in [-0.25, -0.2) is 4.79 Å². The summed E-state index contributed by atoms with van der Waals surface area (Å²) in [6, 6.07) is 15.2. The average Bonchev–Trinajstić information content (AvgIpc) is 3.16. The number of carbonyl (C=O) groups is 2. The number of halogens is 1. The maximum absolute atomic E-state index is 12.6. The van der Waals surface area contributed by atoms with Crippen LogP contribution in [0.5, 0.6) is 0 Å². The molecule has 0 atom stereocenters. The number of benzene rings is 2. The van der Waals surface area contributed by atoms with E-state index in [-0.39, 0.29) is 11.6 Å². The van der Waals surface area contributed by atoms with Crippen LogP contribution >= 0.6 is 15.9 Å². The minimum atomic E-state index is -1.03. The third-order valence-corrected chi connectivity index (χ3v) is 5.08. The van der Waals surface area contributed by atoms with Crippen molar-refractivity contribution in [1.29, 1.82) is 0 Å². The van der Waals surface area contributed by atoms with Gasteiger partial charge in [-0.15, -0.1) is 0 Å². The van der Waals surface area contributed by atoms with Gasteiger partial charge in [0.2, 0.25) is 0 Å². The lowest BCUT2D eigenvalue weighted by molar-refractivity contribution is -0.110. The zero-order valence-corrected chi connectivity index (χ0v) is 15.9. The Labute approximate surface area is 163 Å². The van der Waals surface area contributed by atoms with Crippen LogP contribution in [0.4, 0.5) is 5.69 Å². The monoisotopic (exact) mass is 422 g/mol. The van der Waals surface area contributed by atoms with E-state index in [1.165, 1.54) is 0 Å². The Bertz CT molecular complexity index is 1110. The number of anilines is 1. The maximum atomic E-state index is 12.6. The molecule has 1 aliphatic rings. The number of amides is 1. The SMILES string of the molecule is Cc1cc(C(=O)O)[nH]c1/C=C1\C(=O)Nc2cccc(-c3ccc(Br)cc3)c21. The van der Waals surface area contributed by atoms with Crippen LogP contribution in [0.1, 0.15) is 27.3 Å². The summed E-state index contributed by atoms with van der Waals surface area (Å²) in [4.78, 5) is 26.7. The second-order valence-electron chi connectivity index (χ2n) is 6.33. The average molecular weight is 423 g/mol. The van der Waals surface area contributed by atoms with Crippen molar-refractivity contribution in [2.75, 3.05) is 5.32 Å². The number of aromatic amines is 1. The van der Waals surface area contributed by atoms with Crippen molar-refractivity contribution in [2.45, 2.75) is 6.92 Å². The van der Waals surface area contributed by atoms with Crippen molar-refractivity contribution in [3.05, 3.63) is 75.5 Å². The van der Waals surface area contributed by atoms with Crippen molar-refractivity contribution in [3.8, 4) is 11.1 Å². The van der Waals surface area contributed by atoms with Gasteiger partial charge >= 0.3 is 5.97 Å². The van der Waals surface area contributed by atoms with Gasteiger partial charge in [-0.2, -0.15) is 0 Å². The molecule has 2 heterocycles. The molecule has 4 rings (SSSR count). The lowest BCUT2D eigenvalue weighted by Gasteiger charge is -2.09. The van der Waals surface area contributed by atoms with E-state index in [4.69, 9.17) is 0 Å². The summed E-state index contributed by atoms with van der Waals surface area (Å²) in [6.45, 7) is 1.81. The molecule has 0 bridgehead atoms. The number of rotatable bonds is 3. The Balaban J connectivity index is 1.88. The Morgan fingerprint density at radius 3 is 2.56 bits per heavy atom. The Morgan fingerprint density at radius 1 is 1.15 bits per heavy atom. The summed E-state index contributed by atoms with van der Waals surface area (Å²) in [5.74, 6) is -1.24. The number of aryl methyl sites for hydroxylation is 1. The third-order valence-electron chi connectivity index (χ3n) is 4.56. The van der Waals surface area contributed by atoms with Gasteiger partial charge in [-0.1, -0.05) is 40.2 Å². The fourth-order valence-electron chi connectivity index (χ4n) is 3.24. The van der Waals surface area contributed by atoms with E-state index < -0.39 is 5.97 Å². The van der Waals surface area contributed by atoms with Crippen LogP contribution in [0.2, 0.25) is 0 Å². The summed E-state index contributed by atoms with van der Waals surface area (Å²) >= 11 is 3.44. The Morgan fingerprint density at radius 2 is 1.89 bits per heavy atom. The molecule has 0 fully saturated rings. The quantitative estimate of drug-likeness (QED) is 0.522.